The number of rotatable bonds is 5. The van der Waals surface area contributed by atoms with Crippen LogP contribution in [-0.2, 0) is 22.6 Å². The van der Waals surface area contributed by atoms with E-state index in [1.807, 2.05) is 0 Å². The van der Waals surface area contributed by atoms with Crippen LogP contribution >= 0.6 is 0 Å². The van der Waals surface area contributed by atoms with E-state index in [0.29, 0.717) is 23.3 Å². The molecule has 2 aromatic heterocycles. The lowest BCUT2D eigenvalue weighted by Gasteiger charge is -2.16. The quantitative estimate of drug-likeness (QED) is 0.320. The molecule has 0 aliphatic heterocycles. The van der Waals surface area contributed by atoms with Gasteiger partial charge in [-0.1, -0.05) is 18.2 Å². The van der Waals surface area contributed by atoms with E-state index >= 15 is 0 Å². The number of pyridine rings is 1. The smallest absolute Gasteiger partial charge is 0.417 e. The number of nitriles is 1. The summed E-state index contributed by atoms with van der Waals surface area (Å²) in [6.45, 7) is -0.619. The second-order valence-corrected chi connectivity index (χ2v) is 10.1. The fourth-order valence-corrected chi connectivity index (χ4v) is 4.31. The third-order valence-electron chi connectivity index (χ3n) is 5.53. The summed E-state index contributed by atoms with van der Waals surface area (Å²) in [6, 6.07) is 11.2. The van der Waals surface area contributed by atoms with Gasteiger partial charge in [0.1, 0.15) is 23.3 Å². The molecule has 0 bridgehead atoms. The zero-order valence-corrected chi connectivity index (χ0v) is 19.6. The molecule has 0 saturated heterocycles. The van der Waals surface area contributed by atoms with E-state index < -0.39 is 56.6 Å². The summed E-state index contributed by atoms with van der Waals surface area (Å²) < 4.78 is 98.3. The van der Waals surface area contributed by atoms with Crippen molar-refractivity contribution in [2.75, 3.05) is 6.26 Å². The Morgan fingerprint density at radius 2 is 1.68 bits per heavy atom. The topological polar surface area (TPSA) is 93.1 Å². The first-order valence-electron chi connectivity index (χ1n) is 10.4. The van der Waals surface area contributed by atoms with Crippen molar-refractivity contribution in [1.29, 1.82) is 5.26 Å². The summed E-state index contributed by atoms with van der Waals surface area (Å²) in [6.07, 6.45) is -2.84. The predicted octanol–water partition coefficient (Wildman–Crippen LogP) is 5.40. The second-order valence-electron chi connectivity index (χ2n) is 8.05. The SMILES string of the molecule is CS(=O)(=O)c1ccc(-c2coc(-c3cc(C(F)(F)F)c(C#N)c(=O)n3Cc3ccc(F)cc3F)c2)cc1. The molecule has 37 heavy (non-hydrogen) atoms. The van der Waals surface area contributed by atoms with Crippen LogP contribution in [0, 0.1) is 23.0 Å². The van der Waals surface area contributed by atoms with E-state index in [4.69, 9.17) is 4.42 Å². The lowest BCUT2D eigenvalue weighted by molar-refractivity contribution is -0.137. The molecule has 0 spiro atoms. The number of halogens is 5. The van der Waals surface area contributed by atoms with E-state index in [-0.39, 0.29) is 16.2 Å². The van der Waals surface area contributed by atoms with Gasteiger partial charge in [-0.15, -0.1) is 0 Å². The van der Waals surface area contributed by atoms with Crippen LogP contribution in [0.25, 0.3) is 22.6 Å². The molecule has 4 rings (SSSR count). The van der Waals surface area contributed by atoms with Crippen LogP contribution in [0.4, 0.5) is 22.0 Å². The van der Waals surface area contributed by atoms with E-state index in [9.17, 15) is 40.4 Å². The maximum Gasteiger partial charge on any atom is 0.417 e. The van der Waals surface area contributed by atoms with Crippen molar-refractivity contribution < 1.29 is 34.8 Å². The minimum atomic E-state index is -5.06. The van der Waals surface area contributed by atoms with Crippen molar-refractivity contribution in [3.63, 3.8) is 0 Å². The van der Waals surface area contributed by atoms with Crippen LogP contribution in [-0.4, -0.2) is 19.2 Å². The molecule has 4 aromatic rings. The van der Waals surface area contributed by atoms with Gasteiger partial charge in [-0.3, -0.25) is 9.36 Å². The summed E-state index contributed by atoms with van der Waals surface area (Å²) in [5.74, 6) is -2.14. The molecule has 0 aliphatic carbocycles. The molecule has 0 amide bonds. The molecule has 0 fully saturated rings. The van der Waals surface area contributed by atoms with Crippen molar-refractivity contribution in [2.45, 2.75) is 17.6 Å². The molecule has 0 radical (unpaired) electrons. The highest BCUT2D eigenvalue weighted by Gasteiger charge is 2.37. The predicted molar refractivity (Wildman–Crippen MR) is 122 cm³/mol. The summed E-state index contributed by atoms with van der Waals surface area (Å²) >= 11 is 0. The van der Waals surface area contributed by atoms with Gasteiger partial charge < -0.3 is 4.42 Å². The van der Waals surface area contributed by atoms with Crippen LogP contribution in [0.1, 0.15) is 16.7 Å². The Bertz CT molecular complexity index is 1710. The standard InChI is InChI=1S/C25H15F5N2O4S/c1-37(34,35)18-6-3-14(4-7-18)16-8-23(36-13-16)22-10-20(25(28,29)30)19(11-31)24(33)32(22)12-15-2-5-17(26)9-21(15)27/h2-10,13H,12H2,1H3. The average Bonchev–Trinajstić information content (AvgIpc) is 3.30. The van der Waals surface area contributed by atoms with Crippen LogP contribution < -0.4 is 5.56 Å². The van der Waals surface area contributed by atoms with Gasteiger partial charge in [0.15, 0.2) is 15.6 Å². The Morgan fingerprint density at radius 3 is 2.24 bits per heavy atom. The number of furan rings is 1. The van der Waals surface area contributed by atoms with Crippen LogP contribution in [0.3, 0.4) is 0 Å². The largest absolute Gasteiger partial charge is 0.462 e. The molecule has 0 aliphatic rings. The lowest BCUT2D eigenvalue weighted by atomic mass is 10.1. The van der Waals surface area contributed by atoms with E-state index in [2.05, 4.69) is 0 Å². The van der Waals surface area contributed by atoms with Gasteiger partial charge in [0.05, 0.1) is 29.0 Å². The molecule has 0 N–H and O–H groups in total. The van der Waals surface area contributed by atoms with Crippen molar-refractivity contribution in [3.8, 4) is 28.7 Å². The minimum absolute atomic E-state index is 0.0528. The molecule has 12 heteroatoms. The number of benzene rings is 2. The van der Waals surface area contributed by atoms with E-state index in [1.54, 1.807) is 0 Å². The van der Waals surface area contributed by atoms with Crippen molar-refractivity contribution in [2.24, 2.45) is 0 Å². The highest BCUT2D eigenvalue weighted by atomic mass is 32.2. The summed E-state index contributed by atoms with van der Waals surface area (Å²) in [7, 11) is -3.46. The highest BCUT2D eigenvalue weighted by Crippen LogP contribution is 2.35. The van der Waals surface area contributed by atoms with Gasteiger partial charge in [-0.25, -0.2) is 17.2 Å². The Kier molecular flexibility index (Phi) is 6.51. The first-order valence-corrected chi connectivity index (χ1v) is 12.3. The van der Waals surface area contributed by atoms with Gasteiger partial charge in [-0.05, 0) is 35.9 Å². The molecule has 0 saturated carbocycles. The monoisotopic (exact) mass is 534 g/mol. The number of nitrogens with zero attached hydrogens (tertiary/aromatic N) is 2. The molecular formula is C25H15F5N2O4S. The highest BCUT2D eigenvalue weighted by molar-refractivity contribution is 7.90. The third kappa shape index (κ3) is 5.17. The molecule has 2 heterocycles. The number of hydrogen-bond acceptors (Lipinski definition) is 5. The van der Waals surface area contributed by atoms with Gasteiger partial charge in [0.25, 0.3) is 5.56 Å². The van der Waals surface area contributed by atoms with Crippen molar-refractivity contribution in [3.05, 3.63) is 99.5 Å². The fraction of sp³-hybridized carbons (Fsp3) is 0.120. The van der Waals surface area contributed by atoms with Gasteiger partial charge in [0.2, 0.25) is 0 Å². The van der Waals surface area contributed by atoms with Gasteiger partial charge in [0, 0.05) is 23.4 Å². The van der Waals surface area contributed by atoms with Crippen molar-refractivity contribution >= 4 is 9.84 Å². The zero-order valence-electron chi connectivity index (χ0n) is 18.8. The normalized spacial score (nSPS) is 11.9. The molecule has 0 unspecified atom stereocenters. The maximum atomic E-state index is 14.3. The molecule has 0 atom stereocenters. The van der Waals surface area contributed by atoms with Crippen molar-refractivity contribution in [1.82, 2.24) is 4.57 Å². The molecule has 2 aromatic carbocycles. The van der Waals surface area contributed by atoms with Crippen LogP contribution in [0.5, 0.6) is 0 Å². The number of aromatic nitrogens is 1. The van der Waals surface area contributed by atoms with Gasteiger partial charge >= 0.3 is 6.18 Å². The first-order chi connectivity index (χ1) is 17.3. The summed E-state index contributed by atoms with van der Waals surface area (Å²) in [5, 5.41) is 9.28. The molecular weight excluding hydrogens is 519 g/mol. The fourth-order valence-electron chi connectivity index (χ4n) is 3.68. The number of sulfone groups is 1. The summed E-state index contributed by atoms with van der Waals surface area (Å²) in [4.78, 5) is 13.1. The molecule has 190 valence electrons. The van der Waals surface area contributed by atoms with E-state index in [1.165, 1.54) is 42.7 Å². The number of hydrogen-bond donors (Lipinski definition) is 0. The lowest BCUT2D eigenvalue weighted by Crippen LogP contribution is -2.29. The number of alkyl halides is 3. The summed E-state index contributed by atoms with van der Waals surface area (Å²) in [5.41, 5.74) is -3.84. The van der Waals surface area contributed by atoms with Gasteiger partial charge in [-0.2, -0.15) is 18.4 Å². The zero-order chi connectivity index (χ0) is 27.1. The average molecular weight is 534 g/mol. The Labute approximate surface area is 206 Å². The van der Waals surface area contributed by atoms with E-state index in [0.717, 1.165) is 23.0 Å². The maximum absolute atomic E-state index is 14.3. The third-order valence-corrected chi connectivity index (χ3v) is 6.66. The Morgan fingerprint density at radius 1 is 1.00 bits per heavy atom. The molecule has 6 nitrogen and oxygen atoms in total. The van der Waals surface area contributed by atoms with Crippen LogP contribution in [0.2, 0.25) is 0 Å². The Balaban J connectivity index is 1.89. The second kappa shape index (κ2) is 9.33. The Hall–Kier alpha value is -4.24. The van der Waals surface area contributed by atoms with Crippen LogP contribution in [0.15, 0.2) is 75.0 Å². The minimum Gasteiger partial charge on any atom is -0.462 e. The first kappa shape index (κ1) is 25.8.